The number of carbonyl (C=O) groups excluding carboxylic acids is 1. The van der Waals surface area contributed by atoms with Crippen LogP contribution >= 0.6 is 0 Å². The van der Waals surface area contributed by atoms with Gasteiger partial charge in [-0.05, 0) is 50.4 Å². The van der Waals surface area contributed by atoms with E-state index in [4.69, 9.17) is 0 Å². The summed E-state index contributed by atoms with van der Waals surface area (Å²) in [5.74, 6) is 0.679. The smallest absolute Gasteiger partial charge is 0.162 e. The van der Waals surface area contributed by atoms with Gasteiger partial charge in [0.15, 0.2) is 5.78 Å². The summed E-state index contributed by atoms with van der Waals surface area (Å²) in [6, 6.07) is 0. The van der Waals surface area contributed by atoms with E-state index in [1.54, 1.807) is 6.08 Å². The van der Waals surface area contributed by atoms with E-state index in [0.29, 0.717) is 11.2 Å². The van der Waals surface area contributed by atoms with Gasteiger partial charge in [0, 0.05) is 17.4 Å². The number of hydrogen-bond acceptors (Lipinski definition) is 2. The number of aliphatic hydroxyl groups excluding tert-OH is 1. The van der Waals surface area contributed by atoms with Crippen LogP contribution in [0.25, 0.3) is 0 Å². The zero-order valence-electron chi connectivity index (χ0n) is 14.1. The fourth-order valence-electron chi connectivity index (χ4n) is 4.11. The van der Waals surface area contributed by atoms with E-state index >= 15 is 0 Å². The van der Waals surface area contributed by atoms with Gasteiger partial charge in [0.05, 0.1) is 0 Å². The van der Waals surface area contributed by atoms with E-state index in [1.165, 1.54) is 19.3 Å². The van der Waals surface area contributed by atoms with Gasteiger partial charge in [-0.1, -0.05) is 40.0 Å². The van der Waals surface area contributed by atoms with Crippen LogP contribution < -0.4 is 0 Å². The minimum atomic E-state index is -0.109. The maximum atomic E-state index is 12.5. The average molecular weight is 292 g/mol. The number of rotatable bonds is 4. The number of hydrogen-bond donors (Lipinski definition) is 1. The molecule has 2 fully saturated rings. The van der Waals surface area contributed by atoms with Crippen molar-refractivity contribution < 1.29 is 9.90 Å². The van der Waals surface area contributed by atoms with Crippen LogP contribution in [0, 0.1) is 16.7 Å². The predicted molar refractivity (Wildman–Crippen MR) is 87.3 cm³/mol. The molecule has 0 heterocycles. The fraction of sp³-hybridized carbons (Fsp3) is 0.842. The molecular weight excluding hydrogens is 260 g/mol. The first-order valence-corrected chi connectivity index (χ1v) is 8.84. The average Bonchev–Trinajstić information content (AvgIpc) is 2.47. The molecule has 0 aromatic heterocycles. The molecule has 2 aliphatic carbocycles. The zero-order valence-corrected chi connectivity index (χ0v) is 14.1. The molecule has 0 aromatic carbocycles. The van der Waals surface area contributed by atoms with E-state index < -0.39 is 0 Å². The van der Waals surface area contributed by atoms with Crippen molar-refractivity contribution in [2.75, 3.05) is 0 Å². The van der Waals surface area contributed by atoms with E-state index in [9.17, 15) is 9.90 Å². The van der Waals surface area contributed by atoms with Crippen molar-refractivity contribution >= 4 is 5.78 Å². The Morgan fingerprint density at radius 1 is 1.10 bits per heavy atom. The normalized spacial score (nSPS) is 26.5. The second-order valence-corrected chi connectivity index (χ2v) is 8.06. The lowest BCUT2D eigenvalue weighted by molar-refractivity contribution is -0.120. The summed E-state index contributed by atoms with van der Waals surface area (Å²) in [4.78, 5) is 12.5. The largest absolute Gasteiger partial charge is 0.512 e. The summed E-state index contributed by atoms with van der Waals surface area (Å²) in [6.07, 6.45) is 12.4. The minimum absolute atomic E-state index is 0.109. The monoisotopic (exact) mass is 292 g/mol. The molecule has 0 aromatic rings. The van der Waals surface area contributed by atoms with Crippen LogP contribution in [0.2, 0.25) is 0 Å². The van der Waals surface area contributed by atoms with Crippen LogP contribution in [0.4, 0.5) is 0 Å². The number of allylic oxidation sites excluding steroid dienone is 2. The van der Waals surface area contributed by atoms with Crippen molar-refractivity contribution in [3.05, 3.63) is 11.8 Å². The summed E-state index contributed by atoms with van der Waals surface area (Å²) in [6.45, 7) is 6.72. The van der Waals surface area contributed by atoms with E-state index in [-0.39, 0.29) is 17.1 Å². The Balaban J connectivity index is 2.02. The van der Waals surface area contributed by atoms with Crippen LogP contribution in [-0.4, -0.2) is 10.9 Å². The van der Waals surface area contributed by atoms with Crippen molar-refractivity contribution in [2.24, 2.45) is 16.7 Å². The molecule has 0 bridgehead atoms. The van der Waals surface area contributed by atoms with Crippen molar-refractivity contribution in [1.82, 2.24) is 0 Å². The molecule has 0 unspecified atom stereocenters. The summed E-state index contributed by atoms with van der Waals surface area (Å²) in [5, 5.41) is 10.6. The first-order valence-electron chi connectivity index (χ1n) is 8.84. The van der Waals surface area contributed by atoms with Gasteiger partial charge in [-0.3, -0.25) is 4.79 Å². The second kappa shape index (κ2) is 6.54. The highest BCUT2D eigenvalue weighted by molar-refractivity contribution is 5.92. The Morgan fingerprint density at radius 2 is 1.67 bits per heavy atom. The SMILES string of the molecule is CCC1(C(O)=CC(=O)C2CCC(C)(C)CC2)CCCCC1. The third kappa shape index (κ3) is 3.90. The van der Waals surface area contributed by atoms with Crippen molar-refractivity contribution in [3.8, 4) is 0 Å². The Kier molecular flexibility index (Phi) is 5.16. The first-order chi connectivity index (χ1) is 9.88. The van der Waals surface area contributed by atoms with Gasteiger partial charge in [-0.2, -0.15) is 0 Å². The molecule has 0 radical (unpaired) electrons. The van der Waals surface area contributed by atoms with Gasteiger partial charge in [0.25, 0.3) is 0 Å². The molecule has 21 heavy (non-hydrogen) atoms. The van der Waals surface area contributed by atoms with Crippen LogP contribution in [-0.2, 0) is 4.79 Å². The van der Waals surface area contributed by atoms with Crippen molar-refractivity contribution in [3.63, 3.8) is 0 Å². The number of aliphatic hydroxyl groups is 1. The molecule has 2 heteroatoms. The third-order valence-corrected chi connectivity index (χ3v) is 6.05. The first kappa shape index (κ1) is 16.6. The molecule has 2 rings (SSSR count). The highest BCUT2D eigenvalue weighted by Gasteiger charge is 2.36. The van der Waals surface area contributed by atoms with E-state index in [0.717, 1.165) is 44.9 Å². The molecule has 1 N–H and O–H groups in total. The lowest BCUT2D eigenvalue weighted by atomic mass is 9.69. The van der Waals surface area contributed by atoms with Gasteiger partial charge in [-0.15, -0.1) is 0 Å². The maximum absolute atomic E-state index is 12.5. The molecule has 0 spiro atoms. The molecule has 0 amide bonds. The highest BCUT2D eigenvalue weighted by atomic mass is 16.3. The fourth-order valence-corrected chi connectivity index (χ4v) is 4.11. The van der Waals surface area contributed by atoms with Crippen LogP contribution in [0.5, 0.6) is 0 Å². The Hall–Kier alpha value is -0.790. The molecule has 0 atom stereocenters. The summed E-state index contributed by atoms with van der Waals surface area (Å²) < 4.78 is 0. The third-order valence-electron chi connectivity index (χ3n) is 6.05. The van der Waals surface area contributed by atoms with Gasteiger partial charge in [0.1, 0.15) is 5.76 Å². The molecule has 2 aliphatic rings. The zero-order chi connectivity index (χ0) is 15.5. The lowest BCUT2D eigenvalue weighted by Gasteiger charge is -2.36. The van der Waals surface area contributed by atoms with Crippen LogP contribution in [0.1, 0.15) is 85.0 Å². The Morgan fingerprint density at radius 3 is 2.19 bits per heavy atom. The topological polar surface area (TPSA) is 37.3 Å². The van der Waals surface area contributed by atoms with Gasteiger partial charge in [-0.25, -0.2) is 0 Å². The van der Waals surface area contributed by atoms with Gasteiger partial charge >= 0.3 is 0 Å². The number of carbonyl (C=O) groups is 1. The van der Waals surface area contributed by atoms with Crippen molar-refractivity contribution in [1.29, 1.82) is 0 Å². The standard InChI is InChI=1S/C19H32O2/c1-4-19(10-6-5-7-11-19)17(21)14-16(20)15-8-12-18(2,3)13-9-15/h14-15,21H,4-13H2,1-3H3. The summed E-state index contributed by atoms with van der Waals surface area (Å²) in [7, 11) is 0. The lowest BCUT2D eigenvalue weighted by Crippen LogP contribution is -2.28. The number of ketones is 1. The summed E-state index contributed by atoms with van der Waals surface area (Å²) in [5.41, 5.74) is 0.276. The molecule has 2 nitrogen and oxygen atoms in total. The second-order valence-electron chi connectivity index (χ2n) is 8.06. The molecule has 0 saturated heterocycles. The van der Waals surface area contributed by atoms with E-state index in [2.05, 4.69) is 20.8 Å². The maximum Gasteiger partial charge on any atom is 0.162 e. The molecule has 2 saturated carbocycles. The molecule has 0 aliphatic heterocycles. The quantitative estimate of drug-likeness (QED) is 0.543. The minimum Gasteiger partial charge on any atom is -0.512 e. The molecular formula is C19H32O2. The highest BCUT2D eigenvalue weighted by Crippen LogP contribution is 2.44. The molecule has 120 valence electrons. The predicted octanol–water partition coefficient (Wildman–Crippen LogP) is 5.57. The van der Waals surface area contributed by atoms with Gasteiger partial charge < -0.3 is 5.11 Å². The van der Waals surface area contributed by atoms with Crippen LogP contribution in [0.15, 0.2) is 11.8 Å². The Labute approximate surface area is 130 Å². The van der Waals surface area contributed by atoms with Crippen molar-refractivity contribution in [2.45, 2.75) is 85.0 Å². The van der Waals surface area contributed by atoms with E-state index in [1.807, 2.05) is 0 Å². The summed E-state index contributed by atoms with van der Waals surface area (Å²) >= 11 is 0. The Bertz CT molecular complexity index is 390. The van der Waals surface area contributed by atoms with Crippen LogP contribution in [0.3, 0.4) is 0 Å². The van der Waals surface area contributed by atoms with Gasteiger partial charge in [0.2, 0.25) is 0 Å².